The number of carbonyl (C=O) groups excluding carboxylic acids is 1. The van der Waals surface area contributed by atoms with E-state index in [2.05, 4.69) is 22.0 Å². The van der Waals surface area contributed by atoms with Crippen molar-refractivity contribution >= 4 is 22.4 Å². The maximum Gasteiger partial charge on any atom is 0.293 e. The molecule has 1 aromatic carbocycles. The van der Waals surface area contributed by atoms with E-state index in [0.717, 1.165) is 29.3 Å². The van der Waals surface area contributed by atoms with Gasteiger partial charge < -0.3 is 4.74 Å². The molecule has 0 saturated carbocycles. The van der Waals surface area contributed by atoms with Crippen LogP contribution in [0.4, 0.5) is 0 Å². The van der Waals surface area contributed by atoms with Crippen LogP contribution in [0, 0.1) is 0 Å². The maximum atomic E-state index is 10.3. The highest BCUT2D eigenvalue weighted by atomic mass is 79.9. The van der Waals surface area contributed by atoms with Gasteiger partial charge in [-0.1, -0.05) is 22.0 Å². The molecule has 1 aromatic rings. The number of ether oxygens (including phenoxy) is 1. The highest BCUT2D eigenvalue weighted by molar-refractivity contribution is 9.10. The fourth-order valence-electron chi connectivity index (χ4n) is 1.95. The van der Waals surface area contributed by atoms with E-state index in [1.807, 2.05) is 12.1 Å². The van der Waals surface area contributed by atoms with Crippen LogP contribution in [0.1, 0.15) is 30.1 Å². The molecule has 0 radical (unpaired) electrons. The SMILES string of the molecule is O=COC1CCCc2cc(Br)ccc21. The van der Waals surface area contributed by atoms with Gasteiger partial charge in [-0.25, -0.2) is 0 Å². The number of carbonyl (C=O) groups is 1. The third kappa shape index (κ3) is 1.82. The summed E-state index contributed by atoms with van der Waals surface area (Å²) >= 11 is 3.44. The van der Waals surface area contributed by atoms with Crippen LogP contribution in [-0.4, -0.2) is 6.47 Å². The van der Waals surface area contributed by atoms with Gasteiger partial charge in [0.2, 0.25) is 0 Å². The molecule has 0 aromatic heterocycles. The average molecular weight is 255 g/mol. The summed E-state index contributed by atoms with van der Waals surface area (Å²) in [7, 11) is 0. The van der Waals surface area contributed by atoms with Crippen LogP contribution >= 0.6 is 15.9 Å². The maximum absolute atomic E-state index is 10.3. The van der Waals surface area contributed by atoms with Gasteiger partial charge in [-0.2, -0.15) is 0 Å². The van der Waals surface area contributed by atoms with Gasteiger partial charge in [0.25, 0.3) is 6.47 Å². The fraction of sp³-hybridized carbons (Fsp3) is 0.364. The first kappa shape index (κ1) is 9.71. The Morgan fingerprint density at radius 1 is 1.50 bits per heavy atom. The molecule has 14 heavy (non-hydrogen) atoms. The van der Waals surface area contributed by atoms with Crippen molar-refractivity contribution in [3.8, 4) is 0 Å². The van der Waals surface area contributed by atoms with Gasteiger partial charge in [-0.3, -0.25) is 4.79 Å². The van der Waals surface area contributed by atoms with Crippen LogP contribution in [-0.2, 0) is 16.0 Å². The Bertz CT molecular complexity index is 349. The second-order valence-electron chi connectivity index (χ2n) is 3.46. The minimum Gasteiger partial charge on any atom is -0.460 e. The van der Waals surface area contributed by atoms with Crippen LogP contribution in [0.2, 0.25) is 0 Å². The normalized spacial score (nSPS) is 19.9. The third-order valence-electron chi connectivity index (χ3n) is 2.58. The van der Waals surface area contributed by atoms with Gasteiger partial charge in [0.05, 0.1) is 0 Å². The molecule has 0 spiro atoms. The molecular weight excluding hydrogens is 244 g/mol. The van der Waals surface area contributed by atoms with Crippen molar-refractivity contribution < 1.29 is 9.53 Å². The molecule has 0 fully saturated rings. The van der Waals surface area contributed by atoms with Crippen molar-refractivity contribution in [3.63, 3.8) is 0 Å². The van der Waals surface area contributed by atoms with Gasteiger partial charge in [-0.15, -0.1) is 0 Å². The zero-order valence-electron chi connectivity index (χ0n) is 7.70. The summed E-state index contributed by atoms with van der Waals surface area (Å²) in [6.45, 7) is 0.543. The number of hydrogen-bond donors (Lipinski definition) is 0. The summed E-state index contributed by atoms with van der Waals surface area (Å²) < 4.78 is 6.14. The van der Waals surface area contributed by atoms with E-state index in [-0.39, 0.29) is 6.10 Å². The summed E-state index contributed by atoms with van der Waals surface area (Å²) in [5.74, 6) is 0. The number of hydrogen-bond acceptors (Lipinski definition) is 2. The predicted octanol–water partition coefficient (Wildman–Crippen LogP) is 3.00. The van der Waals surface area contributed by atoms with Crippen molar-refractivity contribution in [3.05, 3.63) is 33.8 Å². The molecule has 0 saturated heterocycles. The quantitative estimate of drug-likeness (QED) is 0.759. The second-order valence-corrected chi connectivity index (χ2v) is 4.37. The molecule has 2 nitrogen and oxygen atoms in total. The summed E-state index contributed by atoms with van der Waals surface area (Å²) in [5, 5.41) is 0. The molecule has 0 bridgehead atoms. The summed E-state index contributed by atoms with van der Waals surface area (Å²) in [6.07, 6.45) is 3.06. The first-order valence-electron chi connectivity index (χ1n) is 4.68. The van der Waals surface area contributed by atoms with Gasteiger partial charge in [-0.05, 0) is 42.5 Å². The highest BCUT2D eigenvalue weighted by Gasteiger charge is 2.20. The van der Waals surface area contributed by atoms with Crippen LogP contribution in [0.5, 0.6) is 0 Å². The van der Waals surface area contributed by atoms with Crippen LogP contribution in [0.3, 0.4) is 0 Å². The smallest absolute Gasteiger partial charge is 0.293 e. The topological polar surface area (TPSA) is 26.3 Å². The lowest BCUT2D eigenvalue weighted by Crippen LogP contribution is -2.12. The van der Waals surface area contributed by atoms with Gasteiger partial charge in [0.1, 0.15) is 6.10 Å². The minimum absolute atomic E-state index is 0.0376. The van der Waals surface area contributed by atoms with Crippen molar-refractivity contribution in [2.24, 2.45) is 0 Å². The standard InChI is InChI=1S/C11H11BrO2/c12-9-4-5-10-8(6-9)2-1-3-11(10)14-7-13/h4-7,11H,1-3H2. The van der Waals surface area contributed by atoms with E-state index in [4.69, 9.17) is 4.74 Å². The van der Waals surface area contributed by atoms with Crippen LogP contribution < -0.4 is 0 Å². The molecule has 1 atom stereocenters. The Balaban J connectivity index is 2.34. The summed E-state index contributed by atoms with van der Waals surface area (Å²) in [6, 6.07) is 6.13. The minimum atomic E-state index is -0.0376. The van der Waals surface area contributed by atoms with E-state index in [9.17, 15) is 4.79 Å². The molecule has 1 aliphatic rings. The van der Waals surface area contributed by atoms with Crippen molar-refractivity contribution in [1.29, 1.82) is 0 Å². The number of halogens is 1. The van der Waals surface area contributed by atoms with E-state index in [1.165, 1.54) is 5.56 Å². The number of fused-ring (bicyclic) bond motifs is 1. The zero-order valence-corrected chi connectivity index (χ0v) is 9.29. The van der Waals surface area contributed by atoms with Crippen LogP contribution in [0.15, 0.2) is 22.7 Å². The fourth-order valence-corrected chi connectivity index (χ4v) is 2.36. The molecular formula is C11H11BrO2. The molecule has 0 N–H and O–H groups in total. The van der Waals surface area contributed by atoms with E-state index in [0.29, 0.717) is 6.47 Å². The predicted molar refractivity (Wildman–Crippen MR) is 57.0 cm³/mol. The molecule has 1 unspecified atom stereocenters. The van der Waals surface area contributed by atoms with Crippen LogP contribution in [0.25, 0.3) is 0 Å². The lowest BCUT2D eigenvalue weighted by atomic mass is 9.89. The highest BCUT2D eigenvalue weighted by Crippen LogP contribution is 2.33. The first-order chi connectivity index (χ1) is 6.81. The summed E-state index contributed by atoms with van der Waals surface area (Å²) in [5.41, 5.74) is 2.45. The van der Waals surface area contributed by atoms with E-state index in [1.54, 1.807) is 0 Å². The van der Waals surface area contributed by atoms with Crippen molar-refractivity contribution in [2.75, 3.05) is 0 Å². The lowest BCUT2D eigenvalue weighted by molar-refractivity contribution is -0.134. The number of rotatable bonds is 2. The first-order valence-corrected chi connectivity index (χ1v) is 5.48. The van der Waals surface area contributed by atoms with E-state index >= 15 is 0 Å². The number of aryl methyl sites for hydroxylation is 1. The molecule has 0 aliphatic heterocycles. The van der Waals surface area contributed by atoms with Gasteiger partial charge in [0.15, 0.2) is 0 Å². The Hall–Kier alpha value is -0.830. The Morgan fingerprint density at radius 3 is 3.14 bits per heavy atom. The largest absolute Gasteiger partial charge is 0.460 e. The van der Waals surface area contributed by atoms with Crippen molar-refractivity contribution in [2.45, 2.75) is 25.4 Å². The van der Waals surface area contributed by atoms with Gasteiger partial charge >= 0.3 is 0 Å². The number of benzene rings is 1. The Kier molecular flexibility index (Phi) is 2.87. The van der Waals surface area contributed by atoms with Gasteiger partial charge in [0, 0.05) is 4.47 Å². The molecule has 1 aliphatic carbocycles. The monoisotopic (exact) mass is 254 g/mol. The molecule has 0 amide bonds. The van der Waals surface area contributed by atoms with Crippen molar-refractivity contribution in [1.82, 2.24) is 0 Å². The lowest BCUT2D eigenvalue weighted by Gasteiger charge is -2.23. The second kappa shape index (κ2) is 4.13. The molecule has 3 heteroatoms. The molecule has 74 valence electrons. The molecule has 2 rings (SSSR count). The average Bonchev–Trinajstić information content (AvgIpc) is 2.18. The Morgan fingerprint density at radius 2 is 2.36 bits per heavy atom. The zero-order chi connectivity index (χ0) is 9.97. The molecule has 0 heterocycles. The Labute approximate surface area is 91.4 Å². The summed E-state index contributed by atoms with van der Waals surface area (Å²) in [4.78, 5) is 10.3. The third-order valence-corrected chi connectivity index (χ3v) is 3.08. The van der Waals surface area contributed by atoms with E-state index < -0.39 is 0 Å².